The lowest BCUT2D eigenvalue weighted by atomic mass is 10.2. The van der Waals surface area contributed by atoms with Crippen molar-refractivity contribution in [1.82, 2.24) is 9.88 Å². The van der Waals surface area contributed by atoms with Crippen molar-refractivity contribution < 1.29 is 22.4 Å². The number of nitrogens with one attached hydrogen (secondary N) is 1. The van der Waals surface area contributed by atoms with E-state index in [0.717, 1.165) is 5.56 Å². The molecule has 0 radical (unpaired) electrons. The molecule has 21 heavy (non-hydrogen) atoms. The number of sulfonamides is 1. The molecule has 0 bridgehead atoms. The number of fused-ring (bicyclic) bond motifs is 1. The zero-order valence-corrected chi connectivity index (χ0v) is 11.9. The van der Waals surface area contributed by atoms with Crippen molar-refractivity contribution in [3.05, 3.63) is 41.8 Å². The maximum absolute atomic E-state index is 12.0. The van der Waals surface area contributed by atoms with E-state index in [2.05, 4.69) is 14.4 Å². The Bertz CT molecular complexity index is 712. The lowest BCUT2D eigenvalue weighted by molar-refractivity contribution is 0.170. The van der Waals surface area contributed by atoms with Crippen molar-refractivity contribution in [3.8, 4) is 11.5 Å². The number of para-hydroxylation sites is 1. The molecule has 0 aliphatic carbocycles. The molecule has 2 aromatic rings. The van der Waals surface area contributed by atoms with Crippen LogP contribution in [0.3, 0.4) is 0 Å². The third-order valence-electron chi connectivity index (χ3n) is 2.96. The summed E-state index contributed by atoms with van der Waals surface area (Å²) in [6, 6.07) is 6.91. The minimum Gasteiger partial charge on any atom is -0.486 e. The van der Waals surface area contributed by atoms with Crippen molar-refractivity contribution in [3.63, 3.8) is 0 Å². The van der Waals surface area contributed by atoms with E-state index in [1.165, 1.54) is 12.3 Å². The molecule has 1 aromatic heterocycles. The van der Waals surface area contributed by atoms with E-state index in [4.69, 9.17) is 9.47 Å². The van der Waals surface area contributed by atoms with Crippen LogP contribution in [0.1, 0.15) is 11.3 Å². The molecule has 0 saturated carbocycles. The van der Waals surface area contributed by atoms with E-state index < -0.39 is 10.0 Å². The Hall–Kier alpha value is -2.06. The van der Waals surface area contributed by atoms with E-state index in [9.17, 15) is 8.42 Å². The van der Waals surface area contributed by atoms with E-state index >= 15 is 0 Å². The number of aromatic nitrogens is 1. The topological polar surface area (TPSA) is 90.7 Å². The monoisotopic (exact) mass is 310 g/mol. The van der Waals surface area contributed by atoms with Crippen molar-refractivity contribution in [1.29, 1.82) is 0 Å². The molecule has 0 atom stereocenters. The fraction of sp³-hybridized carbons (Fsp3) is 0.308. The van der Waals surface area contributed by atoms with Crippen LogP contribution in [0.25, 0.3) is 0 Å². The van der Waals surface area contributed by atoms with E-state index in [1.807, 2.05) is 0 Å². The summed E-state index contributed by atoms with van der Waals surface area (Å²) < 4.78 is 42.1. The summed E-state index contributed by atoms with van der Waals surface area (Å²) in [5.74, 6) is 0.998. The lowest BCUT2D eigenvalue weighted by Crippen LogP contribution is -2.26. The normalized spacial score (nSPS) is 14.1. The summed E-state index contributed by atoms with van der Waals surface area (Å²) in [7, 11) is -3.50. The van der Waals surface area contributed by atoms with Crippen LogP contribution in [0.5, 0.6) is 11.5 Å². The van der Waals surface area contributed by atoms with Crippen molar-refractivity contribution in [2.24, 2.45) is 0 Å². The molecule has 1 aromatic carbocycles. The molecule has 2 heterocycles. The largest absolute Gasteiger partial charge is 0.486 e. The van der Waals surface area contributed by atoms with Gasteiger partial charge in [-0.1, -0.05) is 17.3 Å². The Balaban J connectivity index is 1.70. The molecule has 1 N–H and O–H groups in total. The first-order chi connectivity index (χ1) is 10.1. The Morgan fingerprint density at radius 2 is 2.05 bits per heavy atom. The highest BCUT2D eigenvalue weighted by Crippen LogP contribution is 2.33. The van der Waals surface area contributed by atoms with Crippen molar-refractivity contribution in [2.75, 3.05) is 13.2 Å². The average molecular weight is 310 g/mol. The summed E-state index contributed by atoms with van der Waals surface area (Å²) in [6.45, 7) is 1.08. The van der Waals surface area contributed by atoms with Gasteiger partial charge < -0.3 is 14.0 Å². The van der Waals surface area contributed by atoms with Gasteiger partial charge in [-0.15, -0.1) is 0 Å². The zero-order valence-electron chi connectivity index (χ0n) is 11.1. The molecular formula is C13H14N2O5S. The molecule has 3 rings (SSSR count). The van der Waals surface area contributed by atoms with Gasteiger partial charge in [-0.3, -0.25) is 0 Å². The van der Waals surface area contributed by atoms with Crippen LogP contribution < -0.4 is 14.2 Å². The van der Waals surface area contributed by atoms with E-state index in [1.54, 1.807) is 18.2 Å². The standard InChI is InChI=1S/C13H14N2O5S/c16-21(17,9-11-4-5-20-15-11)14-8-10-2-1-3-12-13(10)19-7-6-18-12/h1-5,14H,6-9H2. The number of benzene rings is 1. The Kier molecular flexibility index (Phi) is 3.80. The van der Waals surface area contributed by atoms with E-state index in [-0.39, 0.29) is 12.3 Å². The number of hydrogen-bond acceptors (Lipinski definition) is 6. The first-order valence-electron chi connectivity index (χ1n) is 6.38. The second-order valence-corrected chi connectivity index (χ2v) is 6.32. The minimum atomic E-state index is -3.50. The fourth-order valence-corrected chi connectivity index (χ4v) is 3.03. The minimum absolute atomic E-state index is 0.132. The van der Waals surface area contributed by atoms with Crippen molar-refractivity contribution >= 4 is 10.0 Å². The average Bonchev–Trinajstić information content (AvgIpc) is 2.97. The fourth-order valence-electron chi connectivity index (χ4n) is 2.02. The zero-order chi connectivity index (χ0) is 14.7. The predicted molar refractivity (Wildman–Crippen MR) is 73.4 cm³/mol. The molecule has 0 unspecified atom stereocenters. The summed E-state index contributed by atoms with van der Waals surface area (Å²) in [5.41, 5.74) is 1.09. The quantitative estimate of drug-likeness (QED) is 0.888. The Morgan fingerprint density at radius 3 is 2.86 bits per heavy atom. The Labute approximate surface area is 121 Å². The van der Waals surface area contributed by atoms with Gasteiger partial charge in [-0.25, -0.2) is 13.1 Å². The highest BCUT2D eigenvalue weighted by atomic mass is 32.2. The lowest BCUT2D eigenvalue weighted by Gasteiger charge is -2.21. The summed E-state index contributed by atoms with van der Waals surface area (Å²) in [6.07, 6.45) is 1.34. The molecule has 0 saturated heterocycles. The van der Waals surface area contributed by atoms with Gasteiger partial charge >= 0.3 is 0 Å². The molecule has 0 fully saturated rings. The number of rotatable bonds is 5. The number of ether oxygens (including phenoxy) is 2. The van der Waals surface area contributed by atoms with Crippen LogP contribution in [0.4, 0.5) is 0 Å². The summed E-state index contributed by atoms with van der Waals surface area (Å²) >= 11 is 0. The molecular weight excluding hydrogens is 296 g/mol. The molecule has 8 heteroatoms. The van der Waals surface area contributed by atoms with Crippen LogP contribution in [0, 0.1) is 0 Å². The number of nitrogens with zero attached hydrogens (tertiary/aromatic N) is 1. The third-order valence-corrected chi connectivity index (χ3v) is 4.22. The molecule has 0 amide bonds. The van der Waals surface area contributed by atoms with Crippen LogP contribution in [0.15, 0.2) is 35.1 Å². The number of hydrogen-bond donors (Lipinski definition) is 1. The molecule has 112 valence electrons. The maximum atomic E-state index is 12.0. The summed E-state index contributed by atoms with van der Waals surface area (Å²) in [4.78, 5) is 0. The SMILES string of the molecule is O=S(=O)(Cc1ccon1)NCc1cccc2c1OCCO2. The van der Waals surface area contributed by atoms with Gasteiger partial charge in [0.25, 0.3) is 0 Å². The predicted octanol–water partition coefficient (Wildman–Crippen LogP) is 1.07. The molecule has 0 spiro atoms. The van der Waals surface area contributed by atoms with Gasteiger partial charge in [0.2, 0.25) is 10.0 Å². The van der Waals surface area contributed by atoms with Crippen LogP contribution in [-0.4, -0.2) is 26.8 Å². The van der Waals surface area contributed by atoms with Crippen molar-refractivity contribution in [2.45, 2.75) is 12.3 Å². The molecule has 1 aliphatic rings. The van der Waals surface area contributed by atoms with Gasteiger partial charge in [-0.2, -0.15) is 0 Å². The van der Waals surface area contributed by atoms with Crippen LogP contribution >= 0.6 is 0 Å². The highest BCUT2D eigenvalue weighted by molar-refractivity contribution is 7.88. The Morgan fingerprint density at radius 1 is 1.19 bits per heavy atom. The second-order valence-electron chi connectivity index (χ2n) is 4.51. The highest BCUT2D eigenvalue weighted by Gasteiger charge is 2.18. The van der Waals surface area contributed by atoms with Gasteiger partial charge in [0.1, 0.15) is 25.2 Å². The first kappa shape index (κ1) is 13.9. The molecule has 1 aliphatic heterocycles. The maximum Gasteiger partial charge on any atom is 0.217 e. The van der Waals surface area contributed by atoms with Gasteiger partial charge in [-0.05, 0) is 6.07 Å². The third kappa shape index (κ3) is 3.34. The van der Waals surface area contributed by atoms with Crippen LogP contribution in [0.2, 0.25) is 0 Å². The smallest absolute Gasteiger partial charge is 0.217 e. The second kappa shape index (κ2) is 5.74. The van der Waals surface area contributed by atoms with Gasteiger partial charge in [0.15, 0.2) is 11.5 Å². The molecule has 7 nitrogen and oxygen atoms in total. The van der Waals surface area contributed by atoms with E-state index in [0.29, 0.717) is 30.4 Å². The van der Waals surface area contributed by atoms with Crippen LogP contribution in [-0.2, 0) is 22.3 Å². The van der Waals surface area contributed by atoms with Gasteiger partial charge in [0, 0.05) is 18.2 Å². The first-order valence-corrected chi connectivity index (χ1v) is 8.03. The van der Waals surface area contributed by atoms with Gasteiger partial charge in [0.05, 0.1) is 5.69 Å². The summed E-state index contributed by atoms with van der Waals surface area (Å²) in [5, 5.41) is 3.59.